The molecule has 0 amide bonds. The summed E-state index contributed by atoms with van der Waals surface area (Å²) in [7, 11) is 0. The molecule has 0 fully saturated rings. The van der Waals surface area contributed by atoms with E-state index in [1.807, 2.05) is 51.1 Å². The number of carbonyl (C=O) groups is 1. The molecule has 4 nitrogen and oxygen atoms in total. The summed E-state index contributed by atoms with van der Waals surface area (Å²) in [5, 5.41) is 0. The number of rotatable bonds is 7. The summed E-state index contributed by atoms with van der Waals surface area (Å²) in [4.78, 5) is 12.5. The summed E-state index contributed by atoms with van der Waals surface area (Å²) in [6.45, 7) is 7.02. The number of ether oxygens (including phenoxy) is 3. The Bertz CT molecular complexity index is 742. The van der Waals surface area contributed by atoms with Crippen LogP contribution < -0.4 is 14.2 Å². The maximum Gasteiger partial charge on any atom is 0.236 e. The first-order valence-electron chi connectivity index (χ1n) is 8.37. The minimum absolute atomic E-state index is 0.297. The van der Waals surface area contributed by atoms with E-state index in [0.717, 1.165) is 5.56 Å². The number of carbonyl (C=O) groups excluding carboxylic acids is 1. The Morgan fingerprint density at radius 1 is 0.880 bits per heavy atom. The Balaban J connectivity index is 2.39. The van der Waals surface area contributed by atoms with Gasteiger partial charge in [0.05, 0.1) is 19.8 Å². The Labute approximate surface area is 148 Å². The molecular formula is C21H22O4. The third-order valence-corrected chi connectivity index (χ3v) is 3.27. The van der Waals surface area contributed by atoms with E-state index in [9.17, 15) is 4.79 Å². The summed E-state index contributed by atoms with van der Waals surface area (Å²) >= 11 is 0. The zero-order valence-corrected chi connectivity index (χ0v) is 14.8. The molecule has 0 spiro atoms. The number of ketones is 1. The van der Waals surface area contributed by atoms with Gasteiger partial charge in [0.15, 0.2) is 11.5 Å². The molecule has 2 aromatic rings. The van der Waals surface area contributed by atoms with Gasteiger partial charge in [-0.3, -0.25) is 4.79 Å². The van der Waals surface area contributed by atoms with Crippen LogP contribution in [-0.2, 0) is 0 Å². The van der Waals surface area contributed by atoms with Crippen LogP contribution in [0, 0.1) is 11.8 Å². The molecule has 0 bridgehead atoms. The Morgan fingerprint density at radius 2 is 1.44 bits per heavy atom. The van der Waals surface area contributed by atoms with Gasteiger partial charge >= 0.3 is 0 Å². The van der Waals surface area contributed by atoms with Crippen molar-refractivity contribution in [2.75, 3.05) is 19.8 Å². The van der Waals surface area contributed by atoms with Crippen LogP contribution in [0.4, 0.5) is 0 Å². The lowest BCUT2D eigenvalue weighted by Gasteiger charge is -2.16. The van der Waals surface area contributed by atoms with E-state index in [1.54, 1.807) is 12.1 Å². The first-order chi connectivity index (χ1) is 12.2. The van der Waals surface area contributed by atoms with Crippen molar-refractivity contribution in [3.63, 3.8) is 0 Å². The lowest BCUT2D eigenvalue weighted by molar-refractivity contribution is 0.105. The van der Waals surface area contributed by atoms with Crippen molar-refractivity contribution in [2.45, 2.75) is 20.8 Å². The molecule has 0 saturated carbocycles. The van der Waals surface area contributed by atoms with Crippen molar-refractivity contribution in [2.24, 2.45) is 0 Å². The van der Waals surface area contributed by atoms with E-state index in [1.165, 1.54) is 0 Å². The van der Waals surface area contributed by atoms with Crippen LogP contribution in [0.15, 0.2) is 42.5 Å². The predicted octanol–water partition coefficient (Wildman–Crippen LogP) is 4.12. The maximum atomic E-state index is 12.5. The van der Waals surface area contributed by atoms with E-state index in [4.69, 9.17) is 14.2 Å². The third kappa shape index (κ3) is 5.02. The summed E-state index contributed by atoms with van der Waals surface area (Å²) in [6, 6.07) is 12.7. The molecule has 0 radical (unpaired) electrons. The fourth-order valence-corrected chi connectivity index (χ4v) is 2.24. The number of hydrogen-bond donors (Lipinski definition) is 0. The molecule has 0 aliphatic rings. The van der Waals surface area contributed by atoms with Gasteiger partial charge in [0.25, 0.3) is 0 Å². The average Bonchev–Trinajstić information content (AvgIpc) is 2.63. The van der Waals surface area contributed by atoms with Crippen LogP contribution in [0.1, 0.15) is 36.7 Å². The van der Waals surface area contributed by atoms with Crippen molar-refractivity contribution < 1.29 is 19.0 Å². The molecule has 2 rings (SSSR count). The highest BCUT2D eigenvalue weighted by molar-refractivity contribution is 6.10. The largest absolute Gasteiger partial charge is 0.490 e. The molecular weight excluding hydrogens is 316 g/mol. The van der Waals surface area contributed by atoms with Crippen molar-refractivity contribution in [1.82, 2.24) is 0 Å². The van der Waals surface area contributed by atoms with Crippen LogP contribution in [0.3, 0.4) is 0 Å². The molecule has 0 saturated heterocycles. The maximum absolute atomic E-state index is 12.5. The van der Waals surface area contributed by atoms with Crippen LogP contribution in [0.5, 0.6) is 17.2 Å². The van der Waals surface area contributed by atoms with E-state index < -0.39 is 0 Å². The zero-order valence-electron chi connectivity index (χ0n) is 14.8. The van der Waals surface area contributed by atoms with Gasteiger partial charge in [0.1, 0.15) is 0 Å². The quantitative estimate of drug-likeness (QED) is 0.563. The summed E-state index contributed by atoms with van der Waals surface area (Å²) in [5.41, 5.74) is 1.20. The minimum Gasteiger partial charge on any atom is -0.490 e. The smallest absolute Gasteiger partial charge is 0.236 e. The van der Waals surface area contributed by atoms with Crippen LogP contribution in [0.25, 0.3) is 0 Å². The summed E-state index contributed by atoms with van der Waals surface area (Å²) in [6.07, 6.45) is 0. The molecule has 25 heavy (non-hydrogen) atoms. The highest BCUT2D eigenvalue weighted by atomic mass is 16.5. The van der Waals surface area contributed by atoms with Gasteiger partial charge in [-0.2, -0.15) is 0 Å². The second-order valence-corrected chi connectivity index (χ2v) is 5.05. The lowest BCUT2D eigenvalue weighted by atomic mass is 10.1. The molecule has 2 aromatic carbocycles. The number of Topliss-reactive ketones (excluding diaryl/α,β-unsaturated/α-hetero) is 1. The lowest BCUT2D eigenvalue weighted by Crippen LogP contribution is -2.05. The van der Waals surface area contributed by atoms with Crippen LogP contribution in [-0.4, -0.2) is 25.6 Å². The molecule has 0 aliphatic carbocycles. The first kappa shape index (κ1) is 18.4. The minimum atomic E-state index is -0.297. The van der Waals surface area contributed by atoms with Crippen molar-refractivity contribution >= 4 is 5.78 Å². The van der Waals surface area contributed by atoms with Crippen LogP contribution >= 0.6 is 0 Å². The molecule has 0 aromatic heterocycles. The number of hydrogen-bond acceptors (Lipinski definition) is 4. The van der Waals surface area contributed by atoms with E-state index in [-0.39, 0.29) is 5.78 Å². The first-order valence-corrected chi connectivity index (χ1v) is 8.37. The third-order valence-electron chi connectivity index (χ3n) is 3.27. The standard InChI is InChI=1S/C21H22O4/c1-4-23-19-14-17(15-20(24-5-2)21(19)25-6-3)18(22)13-12-16-10-8-7-9-11-16/h7-11,14-15H,4-6H2,1-3H3. The van der Waals surface area contributed by atoms with Crippen LogP contribution in [0.2, 0.25) is 0 Å². The highest BCUT2D eigenvalue weighted by Crippen LogP contribution is 2.39. The van der Waals surface area contributed by atoms with Gasteiger partial charge in [-0.1, -0.05) is 24.1 Å². The summed E-state index contributed by atoms with van der Waals surface area (Å²) < 4.78 is 16.9. The average molecular weight is 338 g/mol. The second-order valence-electron chi connectivity index (χ2n) is 5.05. The molecule has 130 valence electrons. The topological polar surface area (TPSA) is 44.8 Å². The predicted molar refractivity (Wildman–Crippen MR) is 97.6 cm³/mol. The molecule has 0 unspecified atom stereocenters. The highest BCUT2D eigenvalue weighted by Gasteiger charge is 2.17. The van der Waals surface area contributed by atoms with Gasteiger partial charge in [-0.15, -0.1) is 0 Å². The molecule has 0 heterocycles. The Morgan fingerprint density at radius 3 is 1.96 bits per heavy atom. The molecule has 4 heteroatoms. The normalized spacial score (nSPS) is 9.72. The van der Waals surface area contributed by atoms with Crippen molar-refractivity contribution in [1.29, 1.82) is 0 Å². The van der Waals surface area contributed by atoms with E-state index >= 15 is 0 Å². The number of benzene rings is 2. The van der Waals surface area contributed by atoms with Gasteiger partial charge in [0, 0.05) is 11.1 Å². The van der Waals surface area contributed by atoms with E-state index in [2.05, 4.69) is 11.8 Å². The van der Waals surface area contributed by atoms with Gasteiger partial charge in [-0.25, -0.2) is 0 Å². The molecule has 0 atom stereocenters. The summed E-state index contributed by atoms with van der Waals surface area (Å²) in [5.74, 6) is 6.73. The zero-order chi connectivity index (χ0) is 18.1. The van der Waals surface area contributed by atoms with Gasteiger partial charge in [-0.05, 0) is 51.0 Å². The monoisotopic (exact) mass is 338 g/mol. The van der Waals surface area contributed by atoms with Crippen molar-refractivity contribution in [3.05, 3.63) is 53.6 Å². The Hall–Kier alpha value is -2.93. The SMILES string of the molecule is CCOc1cc(C(=O)C#Cc2ccccc2)cc(OCC)c1OCC. The fraction of sp³-hybridized carbons (Fsp3) is 0.286. The van der Waals surface area contributed by atoms with E-state index in [0.29, 0.717) is 42.6 Å². The second kappa shape index (κ2) is 9.39. The molecule has 0 aliphatic heterocycles. The molecule has 0 N–H and O–H groups in total. The fourth-order valence-electron chi connectivity index (χ4n) is 2.24. The van der Waals surface area contributed by atoms with Gasteiger partial charge < -0.3 is 14.2 Å². The van der Waals surface area contributed by atoms with Crippen molar-refractivity contribution in [3.8, 4) is 29.1 Å². The van der Waals surface area contributed by atoms with Gasteiger partial charge in [0.2, 0.25) is 11.5 Å². The Kier molecular flexibility index (Phi) is 6.91.